The number of hydrogen-bond acceptors (Lipinski definition) is 11. The SMILES string of the molecule is CCCC(=O)Nc1ncnn2c([C@]3(NC)O[C@H](COC(=O)CC4CCCCC4)[C@@H](OC(=O)[C@@H](N)C(C)C)[C@H]3O)ccc12. The largest absolute Gasteiger partial charge is 0.463 e. The summed E-state index contributed by atoms with van der Waals surface area (Å²) in [6.07, 6.45) is 4.31. The van der Waals surface area contributed by atoms with E-state index >= 15 is 0 Å². The predicted octanol–water partition coefficient (Wildman–Crippen LogP) is 2.01. The second-order valence-electron chi connectivity index (χ2n) is 11.6. The molecule has 2 aliphatic rings. The van der Waals surface area contributed by atoms with Crippen molar-refractivity contribution in [1.82, 2.24) is 19.9 Å². The van der Waals surface area contributed by atoms with Crippen LogP contribution >= 0.6 is 0 Å². The van der Waals surface area contributed by atoms with Crippen LogP contribution in [-0.4, -0.2) is 75.6 Å². The Labute approximate surface area is 245 Å². The van der Waals surface area contributed by atoms with Gasteiger partial charge in [0.15, 0.2) is 17.6 Å². The van der Waals surface area contributed by atoms with Gasteiger partial charge < -0.3 is 30.4 Å². The molecule has 1 amide bonds. The molecule has 13 heteroatoms. The number of aliphatic hydroxyl groups excluding tert-OH is 1. The lowest BCUT2D eigenvalue weighted by molar-refractivity contribution is -0.163. The van der Waals surface area contributed by atoms with Crippen LogP contribution in [-0.2, 0) is 34.3 Å². The van der Waals surface area contributed by atoms with Gasteiger partial charge in [0.1, 0.15) is 36.7 Å². The molecule has 0 radical (unpaired) electrons. The molecule has 3 heterocycles. The molecule has 4 rings (SSSR count). The van der Waals surface area contributed by atoms with Crippen LogP contribution in [0.5, 0.6) is 0 Å². The van der Waals surface area contributed by atoms with Crippen molar-refractivity contribution in [3.05, 3.63) is 24.2 Å². The Hall–Kier alpha value is -3.13. The summed E-state index contributed by atoms with van der Waals surface area (Å²) in [7, 11) is 1.59. The van der Waals surface area contributed by atoms with E-state index < -0.39 is 36.0 Å². The number of nitrogens with two attached hydrogens (primary N) is 1. The molecule has 1 aliphatic heterocycles. The highest BCUT2D eigenvalue weighted by molar-refractivity contribution is 5.93. The summed E-state index contributed by atoms with van der Waals surface area (Å²) >= 11 is 0. The fourth-order valence-corrected chi connectivity index (χ4v) is 5.70. The molecule has 2 fully saturated rings. The Morgan fingerprint density at radius 2 is 1.98 bits per heavy atom. The zero-order valence-electron chi connectivity index (χ0n) is 24.9. The molecule has 232 valence electrons. The topological polar surface area (TPSA) is 179 Å². The lowest BCUT2D eigenvalue weighted by atomic mass is 9.87. The number of anilines is 1. The van der Waals surface area contributed by atoms with E-state index in [0.29, 0.717) is 36.3 Å². The van der Waals surface area contributed by atoms with Crippen molar-refractivity contribution in [2.24, 2.45) is 17.6 Å². The molecule has 5 atom stereocenters. The van der Waals surface area contributed by atoms with E-state index in [2.05, 4.69) is 20.7 Å². The Morgan fingerprint density at radius 1 is 1.24 bits per heavy atom. The third-order valence-corrected chi connectivity index (χ3v) is 8.20. The first-order chi connectivity index (χ1) is 20.1. The maximum atomic E-state index is 12.9. The fraction of sp³-hybridized carbons (Fsp3) is 0.690. The van der Waals surface area contributed by atoms with E-state index in [0.717, 1.165) is 25.7 Å². The zero-order valence-corrected chi connectivity index (χ0v) is 24.9. The number of ether oxygens (including phenoxy) is 3. The molecule has 0 bridgehead atoms. The average molecular weight is 589 g/mol. The van der Waals surface area contributed by atoms with Crippen molar-refractivity contribution in [2.75, 3.05) is 19.0 Å². The molecule has 5 N–H and O–H groups in total. The van der Waals surface area contributed by atoms with Crippen LogP contribution in [0, 0.1) is 11.8 Å². The summed E-state index contributed by atoms with van der Waals surface area (Å²) in [6.45, 7) is 5.25. The smallest absolute Gasteiger partial charge is 0.323 e. The number of rotatable bonds is 12. The number of likely N-dealkylation sites (N-methyl/N-ethyl adjacent to an activating group) is 1. The third kappa shape index (κ3) is 6.74. The van der Waals surface area contributed by atoms with E-state index in [1.165, 1.54) is 17.3 Å². The van der Waals surface area contributed by atoms with Gasteiger partial charge in [-0.1, -0.05) is 40.0 Å². The van der Waals surface area contributed by atoms with Crippen LogP contribution < -0.4 is 16.4 Å². The van der Waals surface area contributed by atoms with Crippen LogP contribution in [0.1, 0.15) is 77.8 Å². The van der Waals surface area contributed by atoms with Gasteiger partial charge in [0.2, 0.25) is 5.91 Å². The Balaban J connectivity index is 1.62. The zero-order chi connectivity index (χ0) is 30.4. The molecule has 13 nitrogen and oxygen atoms in total. The molecule has 42 heavy (non-hydrogen) atoms. The minimum absolute atomic E-state index is 0.190. The quantitative estimate of drug-likeness (QED) is 0.266. The summed E-state index contributed by atoms with van der Waals surface area (Å²) in [5.41, 5.74) is 5.26. The monoisotopic (exact) mass is 588 g/mol. The number of carbonyl (C=O) groups excluding carboxylic acids is 3. The lowest BCUT2D eigenvalue weighted by Crippen LogP contribution is -2.52. The van der Waals surface area contributed by atoms with Gasteiger partial charge in [-0.3, -0.25) is 19.7 Å². The van der Waals surface area contributed by atoms with Crippen LogP contribution in [0.25, 0.3) is 5.52 Å². The highest BCUT2D eigenvalue weighted by Crippen LogP contribution is 2.40. The van der Waals surface area contributed by atoms with Crippen molar-refractivity contribution in [3.63, 3.8) is 0 Å². The molecule has 2 aromatic rings. The third-order valence-electron chi connectivity index (χ3n) is 8.20. The molecule has 1 saturated heterocycles. The van der Waals surface area contributed by atoms with E-state index in [1.807, 2.05) is 6.92 Å². The number of nitrogens with zero attached hydrogens (tertiary/aromatic N) is 3. The van der Waals surface area contributed by atoms with Gasteiger partial charge in [0.25, 0.3) is 0 Å². The summed E-state index contributed by atoms with van der Waals surface area (Å²) in [5.74, 6) is -0.873. The maximum absolute atomic E-state index is 12.9. The molecule has 1 saturated carbocycles. The molecule has 0 aromatic carbocycles. The second kappa shape index (κ2) is 13.9. The fourth-order valence-electron chi connectivity index (χ4n) is 5.70. The molecular weight excluding hydrogens is 544 g/mol. The van der Waals surface area contributed by atoms with Crippen LogP contribution in [0.2, 0.25) is 0 Å². The van der Waals surface area contributed by atoms with Gasteiger partial charge in [0, 0.05) is 12.8 Å². The first kappa shape index (κ1) is 31.8. The second-order valence-corrected chi connectivity index (χ2v) is 11.6. The van der Waals surface area contributed by atoms with E-state index in [4.69, 9.17) is 19.9 Å². The average Bonchev–Trinajstić information content (AvgIpc) is 3.52. The van der Waals surface area contributed by atoms with Crippen molar-refractivity contribution >= 4 is 29.2 Å². The summed E-state index contributed by atoms with van der Waals surface area (Å²) in [4.78, 5) is 42.2. The highest BCUT2D eigenvalue weighted by atomic mass is 16.6. The first-order valence-electron chi connectivity index (χ1n) is 14.9. The van der Waals surface area contributed by atoms with Crippen molar-refractivity contribution < 1.29 is 33.7 Å². The first-order valence-corrected chi connectivity index (χ1v) is 14.9. The van der Waals surface area contributed by atoms with E-state index in [1.54, 1.807) is 33.0 Å². The van der Waals surface area contributed by atoms with E-state index in [-0.39, 0.29) is 30.3 Å². The number of hydrogen-bond donors (Lipinski definition) is 4. The minimum Gasteiger partial charge on any atom is -0.463 e. The van der Waals surface area contributed by atoms with E-state index in [9.17, 15) is 19.5 Å². The van der Waals surface area contributed by atoms with Crippen molar-refractivity contribution in [1.29, 1.82) is 0 Å². The Bertz CT molecular complexity index is 1250. The van der Waals surface area contributed by atoms with Gasteiger partial charge >= 0.3 is 11.9 Å². The number of aliphatic hydroxyl groups is 1. The van der Waals surface area contributed by atoms with Gasteiger partial charge in [0.05, 0.1) is 5.69 Å². The lowest BCUT2D eigenvalue weighted by Gasteiger charge is -2.31. The number of nitrogens with one attached hydrogen (secondary N) is 2. The van der Waals surface area contributed by atoms with Crippen LogP contribution in [0.15, 0.2) is 18.5 Å². The standard InChI is InChI=1S/C29H44N6O7/c1-5-9-22(36)34-27-19-12-13-21(35(19)33-16-32-27)29(31-4)26(38)25(41-28(39)24(30)17(2)3)20(42-29)15-40-23(37)14-18-10-7-6-8-11-18/h12-13,16-18,20,24-26,31,38H,5-11,14-15,30H2,1-4H3,(H,32,33,34,36)/t20-,24+,25-,26-,29+/m1/s1. The molecular formula is C29H44N6O7. The highest BCUT2D eigenvalue weighted by Gasteiger charge is 2.59. The molecule has 1 aliphatic carbocycles. The molecule has 0 spiro atoms. The normalized spacial score (nSPS) is 25.5. The number of aromatic nitrogens is 3. The number of amides is 1. The summed E-state index contributed by atoms with van der Waals surface area (Å²) < 4.78 is 19.2. The molecule has 0 unspecified atom stereocenters. The Morgan fingerprint density at radius 3 is 2.64 bits per heavy atom. The molecule has 2 aromatic heterocycles. The minimum atomic E-state index is -1.63. The summed E-state index contributed by atoms with van der Waals surface area (Å²) in [5, 5.41) is 21.9. The number of esters is 2. The van der Waals surface area contributed by atoms with Crippen LogP contribution in [0.3, 0.4) is 0 Å². The summed E-state index contributed by atoms with van der Waals surface area (Å²) in [6, 6.07) is 2.45. The van der Waals surface area contributed by atoms with Gasteiger partial charge in [-0.05, 0) is 50.3 Å². The van der Waals surface area contributed by atoms with Gasteiger partial charge in [-0.2, -0.15) is 5.10 Å². The predicted molar refractivity (Wildman–Crippen MR) is 153 cm³/mol. The maximum Gasteiger partial charge on any atom is 0.323 e. The van der Waals surface area contributed by atoms with Crippen molar-refractivity contribution in [2.45, 2.75) is 102 Å². The Kier molecular flexibility index (Phi) is 10.5. The van der Waals surface area contributed by atoms with Crippen LogP contribution in [0.4, 0.5) is 5.82 Å². The van der Waals surface area contributed by atoms with Gasteiger partial charge in [-0.25, -0.2) is 9.50 Å². The van der Waals surface area contributed by atoms with Crippen molar-refractivity contribution in [3.8, 4) is 0 Å². The number of fused-ring (bicyclic) bond motifs is 1. The van der Waals surface area contributed by atoms with Gasteiger partial charge in [-0.15, -0.1) is 0 Å². The number of carbonyl (C=O) groups is 3.